The summed E-state index contributed by atoms with van der Waals surface area (Å²) in [5.74, 6) is 0.829. The minimum atomic E-state index is -0.189. The van der Waals surface area contributed by atoms with E-state index < -0.39 is 0 Å². The molecule has 3 nitrogen and oxygen atoms in total. The third-order valence-corrected chi connectivity index (χ3v) is 5.58. The van der Waals surface area contributed by atoms with Gasteiger partial charge in [0.15, 0.2) is 0 Å². The average Bonchev–Trinajstić information content (AvgIpc) is 2.44. The van der Waals surface area contributed by atoms with Gasteiger partial charge in [-0.3, -0.25) is 14.9 Å². The highest BCUT2D eigenvalue weighted by atomic mass is 16.2. The average molecular weight is 285 g/mol. The second-order valence-electron chi connectivity index (χ2n) is 6.99. The van der Waals surface area contributed by atoms with Gasteiger partial charge in [0.2, 0.25) is 11.8 Å². The Morgan fingerprint density at radius 2 is 1.81 bits per heavy atom. The highest BCUT2D eigenvalue weighted by Crippen LogP contribution is 2.54. The number of hydrogen-bond donors (Lipinski definition) is 1. The monoisotopic (exact) mass is 285 g/mol. The minimum absolute atomic E-state index is 0.103. The Balaban J connectivity index is 2.01. The van der Waals surface area contributed by atoms with E-state index in [9.17, 15) is 9.59 Å². The normalized spacial score (nSPS) is 36.6. The van der Waals surface area contributed by atoms with Gasteiger partial charge < -0.3 is 0 Å². The van der Waals surface area contributed by atoms with Crippen molar-refractivity contribution in [2.24, 2.45) is 17.3 Å². The number of nitrogens with one attached hydrogen (secondary N) is 1. The predicted molar refractivity (Wildman–Crippen MR) is 81.6 cm³/mol. The molecular weight excluding hydrogens is 262 g/mol. The van der Waals surface area contributed by atoms with Gasteiger partial charge in [-0.25, -0.2) is 0 Å². The second-order valence-corrected chi connectivity index (χ2v) is 6.99. The Morgan fingerprint density at radius 3 is 2.48 bits per heavy atom. The molecular formula is C18H23NO2. The second kappa shape index (κ2) is 5.28. The predicted octanol–water partition coefficient (Wildman–Crippen LogP) is 3.26. The maximum absolute atomic E-state index is 12.5. The molecule has 1 aliphatic carbocycles. The summed E-state index contributed by atoms with van der Waals surface area (Å²) < 4.78 is 0. The zero-order valence-corrected chi connectivity index (χ0v) is 12.8. The maximum Gasteiger partial charge on any atom is 0.234 e. The van der Waals surface area contributed by atoms with Crippen LogP contribution in [-0.4, -0.2) is 11.8 Å². The summed E-state index contributed by atoms with van der Waals surface area (Å²) >= 11 is 0. The lowest BCUT2D eigenvalue weighted by atomic mass is 9.56. The molecule has 3 heteroatoms. The van der Waals surface area contributed by atoms with Gasteiger partial charge in [0, 0.05) is 6.42 Å². The lowest BCUT2D eigenvalue weighted by Crippen LogP contribution is -2.52. The lowest BCUT2D eigenvalue weighted by molar-refractivity contribution is -0.142. The van der Waals surface area contributed by atoms with Crippen LogP contribution in [0.5, 0.6) is 0 Å². The fourth-order valence-corrected chi connectivity index (χ4v) is 4.27. The molecule has 1 spiro atoms. The van der Waals surface area contributed by atoms with Crippen LogP contribution in [0.25, 0.3) is 0 Å². The van der Waals surface area contributed by atoms with Crippen LogP contribution in [0.3, 0.4) is 0 Å². The zero-order valence-electron chi connectivity index (χ0n) is 12.8. The Hall–Kier alpha value is -1.64. The molecule has 0 aromatic heterocycles. The highest BCUT2D eigenvalue weighted by molar-refractivity contribution is 6.02. The molecule has 4 unspecified atom stereocenters. The van der Waals surface area contributed by atoms with E-state index in [1.807, 2.05) is 30.3 Å². The fourth-order valence-electron chi connectivity index (χ4n) is 4.27. The van der Waals surface area contributed by atoms with Crippen molar-refractivity contribution in [1.82, 2.24) is 5.32 Å². The summed E-state index contributed by atoms with van der Waals surface area (Å²) in [6.07, 6.45) is 3.52. The van der Waals surface area contributed by atoms with E-state index in [1.54, 1.807) is 0 Å². The largest absolute Gasteiger partial charge is 0.296 e. The molecule has 2 fully saturated rings. The molecule has 0 radical (unpaired) electrons. The molecule has 1 saturated carbocycles. The van der Waals surface area contributed by atoms with E-state index in [1.165, 1.54) is 0 Å². The van der Waals surface area contributed by atoms with E-state index >= 15 is 0 Å². The van der Waals surface area contributed by atoms with Crippen molar-refractivity contribution in [2.75, 3.05) is 0 Å². The number of carbonyl (C=O) groups is 2. The lowest BCUT2D eigenvalue weighted by Gasteiger charge is -2.49. The fraction of sp³-hybridized carbons (Fsp3) is 0.556. The summed E-state index contributed by atoms with van der Waals surface area (Å²) in [6, 6.07) is 9.95. The molecule has 1 saturated heterocycles. The maximum atomic E-state index is 12.5. The van der Waals surface area contributed by atoms with Crippen LogP contribution in [0.1, 0.15) is 51.0 Å². The quantitative estimate of drug-likeness (QED) is 0.805. The van der Waals surface area contributed by atoms with E-state index in [0.29, 0.717) is 18.3 Å². The first-order chi connectivity index (χ1) is 10.0. The summed E-state index contributed by atoms with van der Waals surface area (Å²) in [7, 11) is 0. The number of amides is 2. The molecule has 0 bridgehead atoms. The summed E-state index contributed by atoms with van der Waals surface area (Å²) in [5.41, 5.74) is 0.858. The highest BCUT2D eigenvalue weighted by Gasteiger charge is 2.51. The van der Waals surface area contributed by atoms with Gasteiger partial charge in [0.05, 0.1) is 5.92 Å². The molecule has 1 aromatic carbocycles. The molecule has 2 amide bonds. The molecule has 2 aliphatic rings. The standard InChI is InChI=1S/C18H23NO2/c1-12-8-9-18(10-13(12)2)11-15(20)19-17(21)16(18)14-6-4-3-5-7-14/h3-7,12-13,16H,8-11H2,1-2H3,(H,19,20,21). The first kappa shape index (κ1) is 14.3. The molecule has 1 heterocycles. The van der Waals surface area contributed by atoms with Crippen molar-refractivity contribution in [2.45, 2.75) is 45.4 Å². The van der Waals surface area contributed by atoms with Crippen molar-refractivity contribution in [1.29, 1.82) is 0 Å². The van der Waals surface area contributed by atoms with Crippen molar-refractivity contribution in [3.8, 4) is 0 Å². The first-order valence-corrected chi connectivity index (χ1v) is 7.90. The van der Waals surface area contributed by atoms with Crippen LogP contribution in [0, 0.1) is 17.3 Å². The Morgan fingerprint density at radius 1 is 1.10 bits per heavy atom. The summed E-state index contributed by atoms with van der Waals surface area (Å²) in [4.78, 5) is 24.5. The Kier molecular flexibility index (Phi) is 3.60. The van der Waals surface area contributed by atoms with Crippen LogP contribution in [0.15, 0.2) is 30.3 Å². The van der Waals surface area contributed by atoms with Gasteiger partial charge in [-0.2, -0.15) is 0 Å². The van der Waals surface area contributed by atoms with Crippen molar-refractivity contribution >= 4 is 11.8 Å². The number of rotatable bonds is 1. The molecule has 1 aromatic rings. The van der Waals surface area contributed by atoms with E-state index in [-0.39, 0.29) is 23.1 Å². The van der Waals surface area contributed by atoms with Gasteiger partial charge in [-0.05, 0) is 42.1 Å². The number of carbonyl (C=O) groups excluding carboxylic acids is 2. The molecule has 1 N–H and O–H groups in total. The van der Waals surface area contributed by atoms with Gasteiger partial charge in [-0.1, -0.05) is 44.2 Å². The third-order valence-electron chi connectivity index (χ3n) is 5.58. The number of imide groups is 1. The molecule has 21 heavy (non-hydrogen) atoms. The van der Waals surface area contributed by atoms with Gasteiger partial charge >= 0.3 is 0 Å². The van der Waals surface area contributed by atoms with Crippen molar-refractivity contribution in [3.63, 3.8) is 0 Å². The molecule has 4 atom stereocenters. The topological polar surface area (TPSA) is 46.2 Å². The third kappa shape index (κ3) is 2.50. The Labute approximate surface area is 126 Å². The molecule has 3 rings (SSSR count). The Bertz CT molecular complexity index is 554. The van der Waals surface area contributed by atoms with Crippen LogP contribution in [0.4, 0.5) is 0 Å². The minimum Gasteiger partial charge on any atom is -0.296 e. The number of piperidine rings is 1. The van der Waals surface area contributed by atoms with Crippen molar-refractivity contribution < 1.29 is 9.59 Å². The van der Waals surface area contributed by atoms with Crippen LogP contribution in [0.2, 0.25) is 0 Å². The van der Waals surface area contributed by atoms with Gasteiger partial charge in [-0.15, -0.1) is 0 Å². The molecule has 1 aliphatic heterocycles. The van der Waals surface area contributed by atoms with Gasteiger partial charge in [0.25, 0.3) is 0 Å². The van der Waals surface area contributed by atoms with E-state index in [0.717, 1.165) is 24.8 Å². The zero-order chi connectivity index (χ0) is 15.0. The first-order valence-electron chi connectivity index (χ1n) is 7.90. The van der Waals surface area contributed by atoms with E-state index in [4.69, 9.17) is 0 Å². The summed E-state index contributed by atoms with van der Waals surface area (Å²) in [5, 5.41) is 2.55. The SMILES string of the molecule is CC1CCC2(CC(=O)NC(=O)C2c2ccccc2)CC1C. The number of hydrogen-bond acceptors (Lipinski definition) is 2. The molecule has 112 valence electrons. The van der Waals surface area contributed by atoms with Crippen LogP contribution < -0.4 is 5.32 Å². The van der Waals surface area contributed by atoms with Crippen LogP contribution in [-0.2, 0) is 9.59 Å². The number of benzene rings is 1. The van der Waals surface area contributed by atoms with Gasteiger partial charge in [0.1, 0.15) is 0 Å². The van der Waals surface area contributed by atoms with Crippen LogP contribution >= 0.6 is 0 Å². The summed E-state index contributed by atoms with van der Waals surface area (Å²) in [6.45, 7) is 4.53. The smallest absolute Gasteiger partial charge is 0.234 e. The van der Waals surface area contributed by atoms with E-state index in [2.05, 4.69) is 19.2 Å². The van der Waals surface area contributed by atoms with Crippen molar-refractivity contribution in [3.05, 3.63) is 35.9 Å².